The molecular weight excluding hydrogens is 330 g/mol. The van der Waals surface area contributed by atoms with E-state index in [0.717, 1.165) is 0 Å². The molecule has 118 valence electrons. The number of fused-ring (bicyclic) bond motifs is 1. The minimum Gasteiger partial charge on any atom is -0.443 e. The molecule has 2 N–H and O–H groups in total. The first-order valence-corrected chi connectivity index (χ1v) is 7.46. The summed E-state index contributed by atoms with van der Waals surface area (Å²) in [5, 5.41) is 6.48. The predicted molar refractivity (Wildman–Crippen MR) is 93.4 cm³/mol. The molecule has 0 radical (unpaired) electrons. The average Bonchev–Trinajstić information content (AvgIpc) is 3.07. The highest BCUT2D eigenvalue weighted by molar-refractivity contribution is 6.30. The molecule has 0 bridgehead atoms. The van der Waals surface area contributed by atoms with Crippen LogP contribution < -0.4 is 21.5 Å². The zero-order valence-electron chi connectivity index (χ0n) is 12.2. The average molecular weight is 340 g/mol. The van der Waals surface area contributed by atoms with Gasteiger partial charge in [-0.15, -0.1) is 0 Å². The molecule has 0 unspecified atom stereocenters. The first kappa shape index (κ1) is 14.5. The maximum absolute atomic E-state index is 11.9. The van der Waals surface area contributed by atoms with Crippen molar-refractivity contribution in [3.05, 3.63) is 74.3 Å². The van der Waals surface area contributed by atoms with Gasteiger partial charge in [-0.05, 0) is 36.4 Å². The molecule has 0 fully saturated rings. The van der Waals surface area contributed by atoms with Crippen molar-refractivity contribution in [3.63, 3.8) is 0 Å². The van der Waals surface area contributed by atoms with Crippen molar-refractivity contribution in [1.29, 1.82) is 0 Å². The molecule has 3 aromatic carbocycles. The van der Waals surface area contributed by atoms with E-state index in [1.54, 1.807) is 42.5 Å². The molecule has 7 heteroatoms. The van der Waals surface area contributed by atoms with E-state index in [1.165, 1.54) is 6.39 Å². The fourth-order valence-electron chi connectivity index (χ4n) is 2.38. The first-order valence-electron chi connectivity index (χ1n) is 7.08. The summed E-state index contributed by atoms with van der Waals surface area (Å²) in [5.41, 5.74) is 1.91. The highest BCUT2D eigenvalue weighted by Crippen LogP contribution is 2.26. The van der Waals surface area contributed by atoms with Gasteiger partial charge >= 0.3 is 0 Å². The number of nitrogens with one attached hydrogen (secondary N) is 2. The van der Waals surface area contributed by atoms with Gasteiger partial charge in [0.15, 0.2) is 12.0 Å². The molecular formula is C17H10ClN3O3. The van der Waals surface area contributed by atoms with Gasteiger partial charge in [-0.25, -0.2) is 4.98 Å². The number of oxazole rings is 1. The van der Waals surface area contributed by atoms with Crippen LogP contribution in [-0.2, 0) is 0 Å². The van der Waals surface area contributed by atoms with Crippen LogP contribution in [-0.4, -0.2) is 4.98 Å². The lowest BCUT2D eigenvalue weighted by molar-refractivity contribution is 0.602. The third-order valence-electron chi connectivity index (χ3n) is 3.62. The van der Waals surface area contributed by atoms with Crippen molar-refractivity contribution in [2.24, 2.45) is 0 Å². The Morgan fingerprint density at radius 1 is 0.875 bits per heavy atom. The monoisotopic (exact) mass is 339 g/mol. The molecule has 4 aromatic rings. The first-order chi connectivity index (χ1) is 11.6. The molecule has 24 heavy (non-hydrogen) atoms. The molecule has 0 saturated heterocycles. The van der Waals surface area contributed by atoms with Crippen molar-refractivity contribution < 1.29 is 4.42 Å². The van der Waals surface area contributed by atoms with Gasteiger partial charge in [-0.3, -0.25) is 9.59 Å². The Kier molecular flexibility index (Phi) is 3.32. The second-order valence-corrected chi connectivity index (χ2v) is 5.64. The summed E-state index contributed by atoms with van der Waals surface area (Å²) >= 11 is 5.84. The van der Waals surface area contributed by atoms with E-state index in [4.69, 9.17) is 16.0 Å². The maximum atomic E-state index is 11.9. The van der Waals surface area contributed by atoms with Crippen LogP contribution in [0.25, 0.3) is 11.1 Å². The van der Waals surface area contributed by atoms with E-state index >= 15 is 0 Å². The third-order valence-corrected chi connectivity index (χ3v) is 3.88. The molecule has 0 saturated carbocycles. The van der Waals surface area contributed by atoms with Crippen molar-refractivity contribution in [3.8, 4) is 0 Å². The molecule has 0 atom stereocenters. The SMILES string of the molecule is O=c1c(Nc2ccc(Cl)cc2)c(Nc2ccc3ncoc3c2)c1=O. The second-order valence-electron chi connectivity index (χ2n) is 5.20. The van der Waals surface area contributed by atoms with E-state index in [9.17, 15) is 9.59 Å². The summed E-state index contributed by atoms with van der Waals surface area (Å²) in [6.07, 6.45) is 1.35. The van der Waals surface area contributed by atoms with Crippen LogP contribution in [0.4, 0.5) is 22.7 Å². The number of hydrogen-bond donors (Lipinski definition) is 2. The highest BCUT2D eigenvalue weighted by atomic mass is 35.5. The molecule has 6 nitrogen and oxygen atoms in total. The number of halogens is 1. The molecule has 4 rings (SSSR count). The number of hydrogen-bond acceptors (Lipinski definition) is 6. The van der Waals surface area contributed by atoms with Crippen molar-refractivity contribution >= 4 is 45.5 Å². The summed E-state index contributed by atoms with van der Waals surface area (Å²) in [5.74, 6) is 0. The highest BCUT2D eigenvalue weighted by Gasteiger charge is 2.21. The van der Waals surface area contributed by atoms with Gasteiger partial charge in [-0.2, -0.15) is 0 Å². The van der Waals surface area contributed by atoms with Crippen LogP contribution in [0, 0.1) is 0 Å². The van der Waals surface area contributed by atoms with Gasteiger partial charge in [0.1, 0.15) is 16.9 Å². The van der Waals surface area contributed by atoms with Crippen LogP contribution in [0.2, 0.25) is 5.02 Å². The van der Waals surface area contributed by atoms with E-state index in [1.807, 2.05) is 0 Å². The molecule has 0 amide bonds. The molecule has 0 aliphatic rings. The lowest BCUT2D eigenvalue weighted by Crippen LogP contribution is -2.35. The topological polar surface area (TPSA) is 84.2 Å². The molecule has 1 heterocycles. The summed E-state index contributed by atoms with van der Waals surface area (Å²) < 4.78 is 5.23. The quantitative estimate of drug-likeness (QED) is 0.553. The summed E-state index contributed by atoms with van der Waals surface area (Å²) in [7, 11) is 0. The Labute approximate surface area is 140 Å². The zero-order chi connectivity index (χ0) is 16.7. The van der Waals surface area contributed by atoms with Crippen molar-refractivity contribution in [2.75, 3.05) is 10.6 Å². The lowest BCUT2D eigenvalue weighted by Gasteiger charge is -2.15. The molecule has 1 aromatic heterocycles. The standard InChI is InChI=1S/C17H10ClN3O3/c18-9-1-3-10(4-2-9)20-14-15(17(23)16(14)22)21-11-5-6-12-13(7-11)24-8-19-12/h1-8,20-21H. The van der Waals surface area contributed by atoms with Crippen LogP contribution in [0.3, 0.4) is 0 Å². The Morgan fingerprint density at radius 2 is 1.50 bits per heavy atom. The number of rotatable bonds is 4. The fourth-order valence-corrected chi connectivity index (χ4v) is 2.51. The van der Waals surface area contributed by atoms with E-state index in [2.05, 4.69) is 15.6 Å². The second kappa shape index (κ2) is 5.50. The minimum absolute atomic E-state index is 0.216. The van der Waals surface area contributed by atoms with Gasteiger partial charge in [0.25, 0.3) is 10.9 Å². The van der Waals surface area contributed by atoms with Gasteiger partial charge < -0.3 is 15.1 Å². The Balaban J connectivity index is 1.64. The summed E-state index contributed by atoms with van der Waals surface area (Å²) in [4.78, 5) is 27.7. The number of aromatic nitrogens is 1. The van der Waals surface area contributed by atoms with E-state index < -0.39 is 10.9 Å². The van der Waals surface area contributed by atoms with Gasteiger partial charge in [0.2, 0.25) is 0 Å². The van der Waals surface area contributed by atoms with Crippen LogP contribution in [0.5, 0.6) is 0 Å². The Hall–Kier alpha value is -3.12. The van der Waals surface area contributed by atoms with Crippen LogP contribution >= 0.6 is 11.6 Å². The van der Waals surface area contributed by atoms with E-state index in [0.29, 0.717) is 27.5 Å². The smallest absolute Gasteiger partial charge is 0.253 e. The fraction of sp³-hybridized carbons (Fsp3) is 0. The maximum Gasteiger partial charge on any atom is 0.253 e. The van der Waals surface area contributed by atoms with Crippen molar-refractivity contribution in [2.45, 2.75) is 0 Å². The number of benzene rings is 2. The van der Waals surface area contributed by atoms with Crippen LogP contribution in [0.1, 0.15) is 0 Å². The normalized spacial score (nSPS) is 11.0. The molecule has 0 spiro atoms. The minimum atomic E-state index is -0.566. The van der Waals surface area contributed by atoms with Gasteiger partial charge in [-0.1, -0.05) is 11.6 Å². The van der Waals surface area contributed by atoms with E-state index in [-0.39, 0.29) is 11.4 Å². The summed E-state index contributed by atoms with van der Waals surface area (Å²) in [6.45, 7) is 0. The third kappa shape index (κ3) is 2.43. The largest absolute Gasteiger partial charge is 0.443 e. The lowest BCUT2D eigenvalue weighted by atomic mass is 10.1. The summed E-state index contributed by atoms with van der Waals surface area (Å²) in [6, 6.07) is 12.1. The zero-order valence-corrected chi connectivity index (χ0v) is 12.9. The molecule has 0 aliphatic carbocycles. The number of anilines is 4. The van der Waals surface area contributed by atoms with Crippen LogP contribution in [0.15, 0.2) is 62.9 Å². The van der Waals surface area contributed by atoms with Gasteiger partial charge in [0, 0.05) is 22.5 Å². The predicted octanol–water partition coefficient (Wildman–Crippen LogP) is 3.56. The van der Waals surface area contributed by atoms with Gasteiger partial charge in [0.05, 0.1) is 0 Å². The van der Waals surface area contributed by atoms with Crippen molar-refractivity contribution in [1.82, 2.24) is 4.98 Å². The Bertz CT molecular complexity index is 1110. The molecule has 0 aliphatic heterocycles. The Morgan fingerprint density at radius 3 is 2.21 bits per heavy atom. The number of nitrogens with zero attached hydrogens (tertiary/aromatic N) is 1.